The molecule has 1 heterocycles. The molecule has 0 saturated carbocycles. The van der Waals surface area contributed by atoms with Crippen molar-refractivity contribution in [2.24, 2.45) is 0 Å². The van der Waals surface area contributed by atoms with E-state index in [9.17, 15) is 14.5 Å². The van der Waals surface area contributed by atoms with Crippen LogP contribution in [-0.2, 0) is 0 Å². The van der Waals surface area contributed by atoms with Gasteiger partial charge in [0.2, 0.25) is 0 Å². The summed E-state index contributed by atoms with van der Waals surface area (Å²) in [6.45, 7) is 1.58. The summed E-state index contributed by atoms with van der Waals surface area (Å²) in [6, 6.07) is 5.80. The normalized spacial score (nSPS) is 10.3. The SMILES string of the molecule is Cc1cccc(Oc2ncc(Br)cc2[N+](=O)[O-])c1F. The molecule has 0 amide bonds. The van der Waals surface area contributed by atoms with Crippen molar-refractivity contribution in [2.45, 2.75) is 6.92 Å². The van der Waals surface area contributed by atoms with E-state index in [4.69, 9.17) is 4.74 Å². The van der Waals surface area contributed by atoms with Gasteiger partial charge in [0.1, 0.15) is 0 Å². The summed E-state index contributed by atoms with van der Waals surface area (Å²) in [5.41, 5.74) is 0.0487. The Morgan fingerprint density at radius 3 is 2.89 bits per heavy atom. The van der Waals surface area contributed by atoms with Crippen LogP contribution in [0.5, 0.6) is 11.6 Å². The smallest absolute Gasteiger partial charge is 0.332 e. The highest BCUT2D eigenvalue weighted by atomic mass is 79.9. The molecule has 98 valence electrons. The number of rotatable bonds is 3. The Hall–Kier alpha value is -2.02. The lowest BCUT2D eigenvalue weighted by Crippen LogP contribution is -1.98. The van der Waals surface area contributed by atoms with Gasteiger partial charge >= 0.3 is 5.69 Å². The molecule has 0 spiro atoms. The fraction of sp³-hybridized carbons (Fsp3) is 0.0833. The minimum Gasteiger partial charge on any atom is -0.431 e. The van der Waals surface area contributed by atoms with Crippen molar-refractivity contribution in [3.05, 3.63) is 56.4 Å². The van der Waals surface area contributed by atoms with Crippen molar-refractivity contribution in [1.82, 2.24) is 4.98 Å². The fourth-order valence-corrected chi connectivity index (χ4v) is 1.75. The van der Waals surface area contributed by atoms with Crippen molar-refractivity contribution < 1.29 is 14.1 Å². The molecule has 2 rings (SSSR count). The summed E-state index contributed by atoms with van der Waals surface area (Å²) in [5.74, 6) is -0.919. The highest BCUT2D eigenvalue weighted by molar-refractivity contribution is 9.10. The maximum Gasteiger partial charge on any atom is 0.332 e. The van der Waals surface area contributed by atoms with Gasteiger partial charge in [-0.15, -0.1) is 0 Å². The van der Waals surface area contributed by atoms with E-state index >= 15 is 0 Å². The van der Waals surface area contributed by atoms with Crippen molar-refractivity contribution in [3.8, 4) is 11.6 Å². The second kappa shape index (κ2) is 5.31. The molecule has 5 nitrogen and oxygen atoms in total. The van der Waals surface area contributed by atoms with Crippen LogP contribution < -0.4 is 4.74 Å². The molecule has 0 aliphatic carbocycles. The molecule has 2 aromatic rings. The van der Waals surface area contributed by atoms with Gasteiger partial charge in [0.25, 0.3) is 5.88 Å². The van der Waals surface area contributed by atoms with Crippen LogP contribution in [0.25, 0.3) is 0 Å². The lowest BCUT2D eigenvalue weighted by molar-refractivity contribution is -0.386. The van der Waals surface area contributed by atoms with Gasteiger partial charge in [0.15, 0.2) is 11.6 Å². The van der Waals surface area contributed by atoms with Crippen molar-refractivity contribution in [2.75, 3.05) is 0 Å². The fourth-order valence-electron chi connectivity index (χ4n) is 1.43. The molecule has 1 aromatic carbocycles. The third-order valence-electron chi connectivity index (χ3n) is 2.36. The van der Waals surface area contributed by atoms with E-state index < -0.39 is 10.7 Å². The van der Waals surface area contributed by atoms with Gasteiger partial charge in [-0.05, 0) is 34.5 Å². The number of nitrogens with zero attached hydrogens (tertiary/aromatic N) is 2. The molecule has 0 bridgehead atoms. The number of pyridine rings is 1. The number of aryl methyl sites for hydroxylation is 1. The van der Waals surface area contributed by atoms with Gasteiger partial charge in [-0.25, -0.2) is 9.37 Å². The minimum atomic E-state index is -0.638. The summed E-state index contributed by atoms with van der Waals surface area (Å²) < 4.78 is 19.4. The number of halogens is 2. The monoisotopic (exact) mass is 326 g/mol. The van der Waals surface area contributed by atoms with Crippen LogP contribution >= 0.6 is 15.9 Å². The molecule has 0 saturated heterocycles. The van der Waals surface area contributed by atoms with Crippen LogP contribution in [0, 0.1) is 22.9 Å². The molecule has 0 radical (unpaired) electrons. The van der Waals surface area contributed by atoms with Crippen molar-refractivity contribution in [3.63, 3.8) is 0 Å². The first kappa shape index (κ1) is 13.4. The standard InChI is InChI=1S/C12H8BrFN2O3/c1-7-3-2-4-10(11(7)14)19-12-9(16(17)18)5-8(13)6-15-12/h2-6H,1H3. The molecule has 19 heavy (non-hydrogen) atoms. The predicted molar refractivity (Wildman–Crippen MR) is 69.8 cm³/mol. The third-order valence-corrected chi connectivity index (χ3v) is 2.79. The second-order valence-electron chi connectivity index (χ2n) is 3.72. The summed E-state index contributed by atoms with van der Waals surface area (Å²) >= 11 is 3.08. The largest absolute Gasteiger partial charge is 0.431 e. The molecule has 0 unspecified atom stereocenters. The van der Waals surface area contributed by atoms with Crippen LogP contribution in [0.15, 0.2) is 34.9 Å². The van der Waals surface area contributed by atoms with Gasteiger partial charge < -0.3 is 4.74 Å². The van der Waals surface area contributed by atoms with Crippen molar-refractivity contribution >= 4 is 21.6 Å². The predicted octanol–water partition coefficient (Wildman–Crippen LogP) is 3.99. The van der Waals surface area contributed by atoms with E-state index in [1.165, 1.54) is 18.3 Å². The van der Waals surface area contributed by atoms with E-state index in [-0.39, 0.29) is 17.3 Å². The Bertz CT molecular complexity index is 649. The van der Waals surface area contributed by atoms with Crippen LogP contribution in [0.2, 0.25) is 0 Å². The lowest BCUT2D eigenvalue weighted by Gasteiger charge is -2.07. The highest BCUT2D eigenvalue weighted by Gasteiger charge is 2.19. The Balaban J connectivity index is 2.44. The lowest BCUT2D eigenvalue weighted by atomic mass is 10.2. The Kier molecular flexibility index (Phi) is 3.75. The van der Waals surface area contributed by atoms with E-state index in [0.29, 0.717) is 10.0 Å². The Morgan fingerprint density at radius 2 is 2.21 bits per heavy atom. The number of nitro groups is 1. The number of hydrogen-bond acceptors (Lipinski definition) is 4. The Labute approximate surface area is 116 Å². The number of hydrogen-bond donors (Lipinski definition) is 0. The van der Waals surface area contributed by atoms with Gasteiger partial charge in [0.05, 0.1) is 4.92 Å². The summed E-state index contributed by atoms with van der Waals surface area (Å²) in [5, 5.41) is 10.9. The zero-order valence-corrected chi connectivity index (χ0v) is 11.3. The van der Waals surface area contributed by atoms with Crippen LogP contribution in [0.4, 0.5) is 10.1 Å². The molecule has 0 atom stereocenters. The molecule has 7 heteroatoms. The van der Waals surface area contributed by atoms with Crippen LogP contribution in [-0.4, -0.2) is 9.91 Å². The molecule has 1 aromatic heterocycles. The molecule has 0 aliphatic heterocycles. The number of benzene rings is 1. The molecular formula is C12H8BrFN2O3. The molecule has 0 aliphatic rings. The molecule has 0 fully saturated rings. The maximum absolute atomic E-state index is 13.8. The average Bonchev–Trinajstić information content (AvgIpc) is 2.36. The topological polar surface area (TPSA) is 65.3 Å². The van der Waals surface area contributed by atoms with Gasteiger partial charge in [-0.1, -0.05) is 12.1 Å². The summed E-state index contributed by atoms with van der Waals surface area (Å²) in [4.78, 5) is 14.0. The highest BCUT2D eigenvalue weighted by Crippen LogP contribution is 2.32. The number of ether oxygens (including phenoxy) is 1. The van der Waals surface area contributed by atoms with Crippen molar-refractivity contribution in [1.29, 1.82) is 0 Å². The Morgan fingerprint density at radius 1 is 1.47 bits per heavy atom. The average molecular weight is 327 g/mol. The first-order valence-electron chi connectivity index (χ1n) is 5.22. The molecule has 0 N–H and O–H groups in total. The first-order valence-corrected chi connectivity index (χ1v) is 6.01. The summed E-state index contributed by atoms with van der Waals surface area (Å²) in [7, 11) is 0. The quantitative estimate of drug-likeness (QED) is 0.631. The van der Waals surface area contributed by atoms with Crippen LogP contribution in [0.3, 0.4) is 0 Å². The van der Waals surface area contributed by atoms with E-state index in [2.05, 4.69) is 20.9 Å². The van der Waals surface area contributed by atoms with Crippen LogP contribution in [0.1, 0.15) is 5.56 Å². The maximum atomic E-state index is 13.8. The third kappa shape index (κ3) is 2.87. The summed E-state index contributed by atoms with van der Waals surface area (Å²) in [6.07, 6.45) is 1.34. The zero-order chi connectivity index (χ0) is 14.0. The van der Waals surface area contributed by atoms with E-state index in [1.54, 1.807) is 19.1 Å². The number of aromatic nitrogens is 1. The molecular weight excluding hydrogens is 319 g/mol. The first-order chi connectivity index (χ1) is 8.99. The van der Waals surface area contributed by atoms with E-state index in [1.807, 2.05) is 0 Å². The van der Waals surface area contributed by atoms with E-state index in [0.717, 1.165) is 0 Å². The van der Waals surface area contributed by atoms with Gasteiger partial charge in [-0.3, -0.25) is 10.1 Å². The van der Waals surface area contributed by atoms with Gasteiger partial charge in [0, 0.05) is 16.7 Å². The minimum absolute atomic E-state index is 0.0991. The van der Waals surface area contributed by atoms with Gasteiger partial charge in [-0.2, -0.15) is 0 Å². The zero-order valence-electron chi connectivity index (χ0n) is 9.76. The second-order valence-corrected chi connectivity index (χ2v) is 4.64.